The fourth-order valence-electron chi connectivity index (χ4n) is 4.32. The smallest absolute Gasteiger partial charge is 0.264 e. The zero-order valence-corrected chi connectivity index (χ0v) is 24.1. The summed E-state index contributed by atoms with van der Waals surface area (Å²) in [5, 5.41) is 2.81. The maximum atomic E-state index is 14.0. The molecule has 0 aliphatic carbocycles. The second kappa shape index (κ2) is 13.0. The Morgan fingerprint density at radius 3 is 2.29 bits per heavy atom. The molecule has 1 heterocycles. The Balaban J connectivity index is 1.71. The molecule has 218 valence electrons. The molecule has 41 heavy (non-hydrogen) atoms. The van der Waals surface area contributed by atoms with Crippen LogP contribution >= 0.6 is 0 Å². The minimum Gasteiger partial charge on any atom is -0.486 e. The number of nitrogens with zero attached hydrogens (tertiary/aromatic N) is 2. The number of hydrogen-bond acceptors (Lipinski definition) is 6. The van der Waals surface area contributed by atoms with Gasteiger partial charge >= 0.3 is 0 Å². The summed E-state index contributed by atoms with van der Waals surface area (Å²) < 4.78 is 53.8. The van der Waals surface area contributed by atoms with Crippen LogP contribution in [-0.2, 0) is 26.2 Å². The number of nitrogens with one attached hydrogen (secondary N) is 1. The molecule has 0 bridgehead atoms. The zero-order chi connectivity index (χ0) is 29.6. The molecule has 1 atom stereocenters. The predicted octanol–water partition coefficient (Wildman–Crippen LogP) is 4.04. The van der Waals surface area contributed by atoms with E-state index in [1.165, 1.54) is 35.2 Å². The first-order chi connectivity index (χ1) is 19.6. The molecule has 11 heteroatoms. The molecule has 0 saturated heterocycles. The van der Waals surface area contributed by atoms with E-state index in [0.29, 0.717) is 18.9 Å². The highest BCUT2D eigenvalue weighted by molar-refractivity contribution is 7.92. The number of hydrogen-bond donors (Lipinski definition) is 1. The SMILES string of the molecule is CCCNC(=O)[C@H](C)N(Cc1ccc(C)cc1)C(=O)CN(c1ccc(F)cc1)S(=O)(=O)c1ccc2c(c1)OCCO2. The molecule has 2 amide bonds. The minimum absolute atomic E-state index is 0.0845. The summed E-state index contributed by atoms with van der Waals surface area (Å²) in [6.07, 6.45) is 0.719. The highest BCUT2D eigenvalue weighted by Crippen LogP contribution is 2.34. The number of benzene rings is 3. The molecule has 1 aliphatic heterocycles. The van der Waals surface area contributed by atoms with Crippen LogP contribution in [0.3, 0.4) is 0 Å². The van der Waals surface area contributed by atoms with Crippen molar-refractivity contribution in [2.24, 2.45) is 0 Å². The Hall–Kier alpha value is -4.12. The van der Waals surface area contributed by atoms with Crippen molar-refractivity contribution in [1.82, 2.24) is 10.2 Å². The van der Waals surface area contributed by atoms with Gasteiger partial charge in [-0.25, -0.2) is 12.8 Å². The quantitative estimate of drug-likeness (QED) is 0.365. The molecule has 3 aromatic carbocycles. The number of carbonyl (C=O) groups excluding carboxylic acids is 2. The van der Waals surface area contributed by atoms with E-state index >= 15 is 0 Å². The lowest BCUT2D eigenvalue weighted by molar-refractivity contribution is -0.139. The molecule has 0 fully saturated rings. The third kappa shape index (κ3) is 7.15. The van der Waals surface area contributed by atoms with Crippen LogP contribution in [0.2, 0.25) is 0 Å². The summed E-state index contributed by atoms with van der Waals surface area (Å²) in [4.78, 5) is 28.1. The second-order valence-corrected chi connectivity index (χ2v) is 11.6. The first-order valence-electron chi connectivity index (χ1n) is 13.4. The van der Waals surface area contributed by atoms with E-state index in [1.54, 1.807) is 6.92 Å². The Morgan fingerprint density at radius 1 is 0.976 bits per heavy atom. The number of ether oxygens (including phenoxy) is 2. The molecule has 3 aromatic rings. The Morgan fingerprint density at radius 2 is 1.63 bits per heavy atom. The lowest BCUT2D eigenvalue weighted by atomic mass is 10.1. The zero-order valence-electron chi connectivity index (χ0n) is 23.3. The highest BCUT2D eigenvalue weighted by atomic mass is 32.2. The number of halogens is 1. The van der Waals surface area contributed by atoms with E-state index in [2.05, 4.69) is 5.32 Å². The van der Waals surface area contributed by atoms with Crippen molar-refractivity contribution in [1.29, 1.82) is 0 Å². The van der Waals surface area contributed by atoms with E-state index in [9.17, 15) is 22.4 Å². The first-order valence-corrected chi connectivity index (χ1v) is 14.8. The summed E-state index contributed by atoms with van der Waals surface area (Å²) in [6, 6.07) is 15.7. The second-order valence-electron chi connectivity index (χ2n) is 9.77. The lowest BCUT2D eigenvalue weighted by Gasteiger charge is -2.32. The number of carbonyl (C=O) groups is 2. The van der Waals surface area contributed by atoms with Crippen LogP contribution in [0.25, 0.3) is 0 Å². The molecular weight excluding hydrogens is 549 g/mol. The number of fused-ring (bicyclic) bond motifs is 1. The van der Waals surface area contributed by atoms with Gasteiger partial charge in [-0.1, -0.05) is 36.8 Å². The summed E-state index contributed by atoms with van der Waals surface area (Å²) in [6.45, 7) is 5.98. The van der Waals surface area contributed by atoms with Gasteiger partial charge in [0.25, 0.3) is 10.0 Å². The third-order valence-electron chi connectivity index (χ3n) is 6.69. The Kier molecular flexibility index (Phi) is 9.49. The van der Waals surface area contributed by atoms with Gasteiger partial charge in [-0.2, -0.15) is 0 Å². The Labute approximate surface area is 239 Å². The normalized spacial score (nSPS) is 13.3. The van der Waals surface area contributed by atoms with Crippen LogP contribution in [0.4, 0.5) is 10.1 Å². The van der Waals surface area contributed by atoms with Crippen LogP contribution in [0.5, 0.6) is 11.5 Å². The van der Waals surface area contributed by atoms with Gasteiger partial charge in [-0.3, -0.25) is 13.9 Å². The van der Waals surface area contributed by atoms with E-state index < -0.39 is 34.3 Å². The molecule has 9 nitrogen and oxygen atoms in total. The van der Waals surface area contributed by atoms with Crippen molar-refractivity contribution >= 4 is 27.5 Å². The molecule has 0 radical (unpaired) electrons. The maximum Gasteiger partial charge on any atom is 0.264 e. The van der Waals surface area contributed by atoms with E-state index in [1.807, 2.05) is 38.1 Å². The molecule has 1 N–H and O–H groups in total. The van der Waals surface area contributed by atoms with Gasteiger partial charge < -0.3 is 19.7 Å². The monoisotopic (exact) mass is 583 g/mol. The van der Waals surface area contributed by atoms with Crippen LogP contribution in [0.15, 0.2) is 71.6 Å². The topological polar surface area (TPSA) is 105 Å². The molecule has 0 unspecified atom stereocenters. The standard InChI is InChI=1S/C30H34FN3O6S/c1-4-15-32-30(36)22(3)33(19-23-7-5-21(2)6-8-23)29(35)20-34(25-11-9-24(31)10-12-25)41(37,38)26-13-14-27-28(18-26)40-17-16-39-27/h5-14,18,22H,4,15-17,19-20H2,1-3H3,(H,32,36)/t22-/m0/s1. The summed E-state index contributed by atoms with van der Waals surface area (Å²) in [5.74, 6) is -0.829. The number of aryl methyl sites for hydroxylation is 1. The highest BCUT2D eigenvalue weighted by Gasteiger charge is 2.33. The van der Waals surface area contributed by atoms with E-state index in [0.717, 1.165) is 34.0 Å². The summed E-state index contributed by atoms with van der Waals surface area (Å²) >= 11 is 0. The predicted molar refractivity (Wildman–Crippen MR) is 153 cm³/mol. The van der Waals surface area contributed by atoms with Crippen LogP contribution in [0, 0.1) is 12.7 Å². The van der Waals surface area contributed by atoms with Crippen molar-refractivity contribution in [2.75, 3.05) is 30.6 Å². The average Bonchev–Trinajstić information content (AvgIpc) is 2.98. The van der Waals surface area contributed by atoms with Gasteiger partial charge in [0.15, 0.2) is 11.5 Å². The van der Waals surface area contributed by atoms with Crippen molar-refractivity contribution in [3.63, 3.8) is 0 Å². The first kappa shape index (κ1) is 29.9. The molecule has 0 aromatic heterocycles. The van der Waals surface area contributed by atoms with Crippen molar-refractivity contribution < 1.29 is 31.9 Å². The third-order valence-corrected chi connectivity index (χ3v) is 8.46. The minimum atomic E-state index is -4.34. The molecule has 4 rings (SSSR count). The Bertz CT molecular complexity index is 1480. The lowest BCUT2D eigenvalue weighted by Crippen LogP contribution is -2.51. The van der Waals surface area contributed by atoms with Crippen LogP contribution < -0.4 is 19.1 Å². The van der Waals surface area contributed by atoms with Gasteiger partial charge in [0.05, 0.1) is 10.6 Å². The van der Waals surface area contributed by atoms with Gasteiger partial charge in [0.2, 0.25) is 11.8 Å². The fraction of sp³-hybridized carbons (Fsp3) is 0.333. The number of amides is 2. The largest absolute Gasteiger partial charge is 0.486 e. The average molecular weight is 584 g/mol. The molecule has 0 spiro atoms. The van der Waals surface area contributed by atoms with Crippen LogP contribution in [0.1, 0.15) is 31.4 Å². The maximum absolute atomic E-state index is 14.0. The molecule has 1 aliphatic rings. The van der Waals surface area contributed by atoms with Gasteiger partial charge in [0, 0.05) is 19.2 Å². The van der Waals surface area contributed by atoms with Crippen molar-refractivity contribution in [2.45, 2.75) is 44.7 Å². The summed E-state index contributed by atoms with van der Waals surface area (Å²) in [7, 11) is -4.34. The number of anilines is 1. The van der Waals surface area contributed by atoms with Crippen molar-refractivity contribution in [3.8, 4) is 11.5 Å². The van der Waals surface area contributed by atoms with Crippen molar-refractivity contribution in [3.05, 3.63) is 83.7 Å². The van der Waals surface area contributed by atoms with Gasteiger partial charge in [0.1, 0.15) is 31.6 Å². The van der Waals surface area contributed by atoms with Crippen LogP contribution in [-0.4, -0.2) is 57.5 Å². The molecule has 0 saturated carbocycles. The van der Waals surface area contributed by atoms with E-state index in [4.69, 9.17) is 9.47 Å². The summed E-state index contributed by atoms with van der Waals surface area (Å²) in [5.41, 5.74) is 1.91. The number of sulfonamides is 1. The van der Waals surface area contributed by atoms with Gasteiger partial charge in [-0.15, -0.1) is 0 Å². The molecular formula is C30H34FN3O6S. The number of rotatable bonds is 11. The van der Waals surface area contributed by atoms with E-state index in [-0.39, 0.29) is 35.4 Å². The van der Waals surface area contributed by atoms with Gasteiger partial charge in [-0.05, 0) is 62.2 Å². The fourth-order valence-corrected chi connectivity index (χ4v) is 5.75.